The largest absolute Gasteiger partial charge is 0.507 e. The molecule has 2 heterocycles. The average Bonchev–Trinajstić information content (AvgIpc) is 3.03. The summed E-state index contributed by atoms with van der Waals surface area (Å²) < 4.78 is 6.75. The normalized spacial score (nSPS) is 16.3. The fourth-order valence-electron chi connectivity index (χ4n) is 2.86. The van der Waals surface area contributed by atoms with E-state index in [1.165, 1.54) is 0 Å². The van der Waals surface area contributed by atoms with Crippen LogP contribution in [0.1, 0.15) is 40.9 Å². The highest BCUT2D eigenvalue weighted by molar-refractivity contribution is 6.33. The molecule has 2 N–H and O–H groups in total. The van der Waals surface area contributed by atoms with Gasteiger partial charge in [0.15, 0.2) is 0 Å². The van der Waals surface area contributed by atoms with Crippen molar-refractivity contribution in [1.29, 1.82) is 0 Å². The van der Waals surface area contributed by atoms with E-state index in [9.17, 15) is 19.8 Å². The predicted molar refractivity (Wildman–Crippen MR) is 91.4 cm³/mol. The van der Waals surface area contributed by atoms with Crippen molar-refractivity contribution in [3.8, 4) is 11.5 Å². The van der Waals surface area contributed by atoms with E-state index in [0.717, 1.165) is 18.2 Å². The van der Waals surface area contributed by atoms with E-state index in [4.69, 9.17) is 16.3 Å². The fraction of sp³-hybridized carbons (Fsp3) is 0.412. The molecule has 0 spiro atoms. The Labute approximate surface area is 154 Å². The number of esters is 1. The molecule has 0 fully saturated rings. The van der Waals surface area contributed by atoms with Crippen LogP contribution >= 0.6 is 11.6 Å². The highest BCUT2D eigenvalue weighted by Crippen LogP contribution is 2.37. The van der Waals surface area contributed by atoms with Crippen molar-refractivity contribution in [2.75, 3.05) is 6.61 Å². The van der Waals surface area contributed by atoms with Gasteiger partial charge in [-0.05, 0) is 19.3 Å². The number of aromatic hydroxyl groups is 2. The number of hydrogen-bond donors (Lipinski definition) is 2. The monoisotopic (exact) mass is 379 g/mol. The zero-order chi connectivity index (χ0) is 18.7. The Morgan fingerprint density at radius 3 is 2.73 bits per heavy atom. The number of rotatable bonds is 0. The molecule has 1 aromatic carbocycles. The Kier molecular flexibility index (Phi) is 5.41. The summed E-state index contributed by atoms with van der Waals surface area (Å²) in [5, 5.41) is 27.8. The minimum absolute atomic E-state index is 0.00690. The maximum atomic E-state index is 12.4. The summed E-state index contributed by atoms with van der Waals surface area (Å²) in [6.07, 6.45) is 4.01. The van der Waals surface area contributed by atoms with Crippen LogP contribution in [0.2, 0.25) is 5.02 Å². The number of aryl methyl sites for hydroxylation is 1. The number of hydrogen-bond acceptors (Lipinski definition) is 7. The number of phenolic OH excluding ortho intramolecular Hbond substituents is 2. The molecule has 0 amide bonds. The number of ether oxygens (including phenoxy) is 1. The van der Waals surface area contributed by atoms with Gasteiger partial charge in [-0.15, -0.1) is 5.10 Å². The summed E-state index contributed by atoms with van der Waals surface area (Å²) in [6, 6.07) is 0.963. The van der Waals surface area contributed by atoms with Gasteiger partial charge in [0.2, 0.25) is 0 Å². The lowest BCUT2D eigenvalue weighted by atomic mass is 9.98. The number of benzene rings is 1. The number of phenols is 2. The molecule has 138 valence electrons. The first kappa shape index (κ1) is 18.2. The second-order valence-corrected chi connectivity index (χ2v) is 6.49. The third-order valence-corrected chi connectivity index (χ3v) is 4.60. The van der Waals surface area contributed by atoms with Gasteiger partial charge in [0.25, 0.3) is 0 Å². The summed E-state index contributed by atoms with van der Waals surface area (Å²) in [4.78, 5) is 24.7. The summed E-state index contributed by atoms with van der Waals surface area (Å²) >= 11 is 6.08. The number of nitrogens with zero attached hydrogens (tertiary/aromatic N) is 3. The van der Waals surface area contributed by atoms with Crippen LogP contribution in [0.3, 0.4) is 0 Å². The van der Waals surface area contributed by atoms with Gasteiger partial charge in [-0.2, -0.15) is 0 Å². The molecule has 0 saturated heterocycles. The summed E-state index contributed by atoms with van der Waals surface area (Å²) in [7, 11) is 0. The molecule has 0 unspecified atom stereocenters. The molecule has 2 bridgehead atoms. The molecule has 1 aliphatic rings. The number of fused-ring (bicyclic) bond motifs is 3. The van der Waals surface area contributed by atoms with Crippen molar-refractivity contribution in [3.05, 3.63) is 34.1 Å². The number of carbonyl (C=O) groups excluding carboxylic acids is 2. The zero-order valence-corrected chi connectivity index (χ0v) is 14.7. The van der Waals surface area contributed by atoms with Crippen molar-refractivity contribution in [2.24, 2.45) is 0 Å². The maximum Gasteiger partial charge on any atom is 0.342 e. The minimum Gasteiger partial charge on any atom is -0.507 e. The molecule has 9 heteroatoms. The van der Waals surface area contributed by atoms with E-state index in [2.05, 4.69) is 10.3 Å². The van der Waals surface area contributed by atoms with Crippen molar-refractivity contribution in [1.82, 2.24) is 15.0 Å². The van der Waals surface area contributed by atoms with Crippen LogP contribution in [0.25, 0.3) is 0 Å². The Bertz CT molecular complexity index is 849. The molecule has 2 aromatic rings. The predicted octanol–water partition coefficient (Wildman–Crippen LogP) is 2.04. The number of cyclic esters (lactones) is 1. The molecular weight excluding hydrogens is 362 g/mol. The number of aromatic nitrogens is 3. The molecule has 0 saturated carbocycles. The van der Waals surface area contributed by atoms with Crippen LogP contribution in [0.15, 0.2) is 12.3 Å². The third kappa shape index (κ3) is 3.96. The maximum absolute atomic E-state index is 12.4. The first-order chi connectivity index (χ1) is 12.5. The van der Waals surface area contributed by atoms with Crippen LogP contribution in [-0.4, -0.2) is 43.6 Å². The summed E-state index contributed by atoms with van der Waals surface area (Å²) in [6.45, 7) is 0.312. The van der Waals surface area contributed by atoms with Crippen molar-refractivity contribution < 1.29 is 24.5 Å². The number of ketones is 1. The Balaban J connectivity index is 1.93. The second-order valence-electron chi connectivity index (χ2n) is 6.11. The highest BCUT2D eigenvalue weighted by Gasteiger charge is 2.25. The Morgan fingerprint density at radius 1 is 1.15 bits per heavy atom. The van der Waals surface area contributed by atoms with Crippen LogP contribution in [-0.2, 0) is 28.9 Å². The quantitative estimate of drug-likeness (QED) is 0.673. The first-order valence-electron chi connectivity index (χ1n) is 8.27. The highest BCUT2D eigenvalue weighted by atomic mass is 35.5. The number of carbonyl (C=O) groups is 2. The summed E-state index contributed by atoms with van der Waals surface area (Å²) in [5.41, 5.74) is 0.694. The Hall–Kier alpha value is -2.61. The molecule has 3 rings (SSSR count). The smallest absolute Gasteiger partial charge is 0.342 e. The topological polar surface area (TPSA) is 115 Å². The first-order valence-corrected chi connectivity index (χ1v) is 8.64. The molecular formula is C17H18ClN3O5. The van der Waals surface area contributed by atoms with Gasteiger partial charge in [0.1, 0.15) is 29.5 Å². The zero-order valence-electron chi connectivity index (χ0n) is 13.9. The van der Waals surface area contributed by atoms with E-state index >= 15 is 0 Å². The van der Waals surface area contributed by atoms with Gasteiger partial charge in [-0.25, -0.2) is 9.48 Å². The number of Topliss-reactive ketones (excluding diaryl/α,β-unsaturated/α-hetero) is 1. The standard InChI is InChI=1S/C17H18ClN3O5/c18-16-12-7-11(22)4-2-1-3-10-9-21(20-19-10)5-6-26-17(25)15(12)13(23)8-14(16)24/h8-9,23-24H,1-7H2. The van der Waals surface area contributed by atoms with Crippen LogP contribution in [0.5, 0.6) is 11.5 Å². The molecule has 0 radical (unpaired) electrons. The molecule has 1 aromatic heterocycles. The van der Waals surface area contributed by atoms with Crippen LogP contribution in [0, 0.1) is 0 Å². The van der Waals surface area contributed by atoms with E-state index < -0.39 is 17.5 Å². The van der Waals surface area contributed by atoms with Gasteiger partial charge < -0.3 is 14.9 Å². The van der Waals surface area contributed by atoms with Crippen molar-refractivity contribution >= 4 is 23.4 Å². The lowest BCUT2D eigenvalue weighted by molar-refractivity contribution is -0.118. The van der Waals surface area contributed by atoms with Crippen molar-refractivity contribution in [2.45, 2.75) is 38.6 Å². The lowest BCUT2D eigenvalue weighted by Crippen LogP contribution is -2.15. The molecule has 0 aliphatic carbocycles. The van der Waals surface area contributed by atoms with Crippen molar-refractivity contribution in [3.63, 3.8) is 0 Å². The minimum atomic E-state index is -0.817. The summed E-state index contributed by atoms with van der Waals surface area (Å²) in [5.74, 6) is -1.84. The molecule has 0 atom stereocenters. The van der Waals surface area contributed by atoms with Gasteiger partial charge in [0, 0.05) is 30.7 Å². The SMILES string of the molecule is O=C1CCCCc2cn(nn2)CCOC(=O)c2c(O)cc(O)c(Cl)c2C1. The average molecular weight is 380 g/mol. The molecule has 8 nitrogen and oxygen atoms in total. The van der Waals surface area contributed by atoms with E-state index in [-0.39, 0.29) is 41.4 Å². The Morgan fingerprint density at radius 2 is 1.92 bits per heavy atom. The van der Waals surface area contributed by atoms with Crippen LogP contribution in [0.4, 0.5) is 0 Å². The van der Waals surface area contributed by atoms with E-state index in [0.29, 0.717) is 19.4 Å². The lowest BCUT2D eigenvalue weighted by Gasteiger charge is -2.14. The van der Waals surface area contributed by atoms with Gasteiger partial charge in [0.05, 0.1) is 17.3 Å². The van der Waals surface area contributed by atoms with Crippen LogP contribution < -0.4 is 0 Å². The number of halogens is 1. The molecule has 26 heavy (non-hydrogen) atoms. The van der Waals surface area contributed by atoms with Gasteiger partial charge in [-0.1, -0.05) is 16.8 Å². The van der Waals surface area contributed by atoms with E-state index in [1.807, 2.05) is 0 Å². The fourth-order valence-corrected chi connectivity index (χ4v) is 3.07. The molecule has 1 aliphatic heterocycles. The van der Waals surface area contributed by atoms with Gasteiger partial charge in [-0.3, -0.25) is 4.79 Å². The third-order valence-electron chi connectivity index (χ3n) is 4.18. The van der Waals surface area contributed by atoms with E-state index in [1.54, 1.807) is 10.9 Å². The van der Waals surface area contributed by atoms with Gasteiger partial charge >= 0.3 is 5.97 Å². The second kappa shape index (κ2) is 7.74.